The summed E-state index contributed by atoms with van der Waals surface area (Å²) < 4.78 is 0. The molecule has 0 spiro atoms. The Labute approximate surface area is 72.3 Å². The summed E-state index contributed by atoms with van der Waals surface area (Å²) in [4.78, 5) is 0. The van der Waals surface area contributed by atoms with Gasteiger partial charge in [0.25, 0.3) is 0 Å². The van der Waals surface area contributed by atoms with Crippen LogP contribution in [0.5, 0.6) is 0 Å². The van der Waals surface area contributed by atoms with E-state index in [1.165, 1.54) is 5.56 Å². The highest BCUT2D eigenvalue weighted by Crippen LogP contribution is 2.00. The SMILES string of the molecule is O.O.OCCCc1ccccc1. The first-order valence-corrected chi connectivity index (χ1v) is 3.58. The largest absolute Gasteiger partial charge is 0.412 e. The van der Waals surface area contributed by atoms with Gasteiger partial charge in [-0.2, -0.15) is 0 Å². The highest BCUT2D eigenvalue weighted by molar-refractivity contribution is 5.14. The minimum atomic E-state index is 0. The molecule has 0 fully saturated rings. The van der Waals surface area contributed by atoms with E-state index in [1.54, 1.807) is 0 Å². The molecule has 5 N–H and O–H groups in total. The van der Waals surface area contributed by atoms with Crippen molar-refractivity contribution in [3.8, 4) is 0 Å². The number of aliphatic hydroxyl groups is 1. The average Bonchev–Trinajstić information content (AvgIpc) is 2.03. The van der Waals surface area contributed by atoms with Gasteiger partial charge in [0, 0.05) is 6.61 Å². The smallest absolute Gasteiger partial charge is 0.0434 e. The van der Waals surface area contributed by atoms with Crippen molar-refractivity contribution in [2.75, 3.05) is 6.61 Å². The van der Waals surface area contributed by atoms with Crippen molar-refractivity contribution in [2.45, 2.75) is 12.8 Å². The molecule has 0 aromatic heterocycles. The van der Waals surface area contributed by atoms with E-state index in [0.717, 1.165) is 12.8 Å². The van der Waals surface area contributed by atoms with Gasteiger partial charge in [0.1, 0.15) is 0 Å². The van der Waals surface area contributed by atoms with Gasteiger partial charge < -0.3 is 16.1 Å². The van der Waals surface area contributed by atoms with Crippen LogP contribution in [-0.2, 0) is 6.42 Å². The molecule has 70 valence electrons. The number of hydrogen-bond acceptors (Lipinski definition) is 1. The van der Waals surface area contributed by atoms with Gasteiger partial charge in [0.05, 0.1) is 0 Å². The molecule has 0 atom stereocenters. The van der Waals surface area contributed by atoms with Crippen LogP contribution < -0.4 is 0 Å². The zero-order chi connectivity index (χ0) is 7.23. The molecule has 0 aliphatic rings. The zero-order valence-electron chi connectivity index (χ0n) is 6.96. The molecular weight excluding hydrogens is 156 g/mol. The Hall–Kier alpha value is -0.900. The highest BCUT2D eigenvalue weighted by atomic mass is 16.2. The summed E-state index contributed by atoms with van der Waals surface area (Å²) in [6.45, 7) is 0.287. The Bertz CT molecular complexity index is 174. The Morgan fingerprint density at radius 1 is 1.00 bits per heavy atom. The van der Waals surface area contributed by atoms with Gasteiger partial charge in [-0.3, -0.25) is 0 Å². The molecule has 0 aliphatic heterocycles. The molecule has 0 bridgehead atoms. The number of aryl methyl sites for hydroxylation is 1. The average molecular weight is 172 g/mol. The first-order valence-electron chi connectivity index (χ1n) is 3.58. The molecule has 1 aromatic rings. The standard InChI is InChI=1S/C9H12O.2H2O/c10-8-4-7-9-5-2-1-3-6-9;;/h1-3,5-6,10H,4,7-8H2;2*1H2. The highest BCUT2D eigenvalue weighted by Gasteiger charge is 1.87. The maximum Gasteiger partial charge on any atom is 0.0434 e. The van der Waals surface area contributed by atoms with Gasteiger partial charge in [-0.25, -0.2) is 0 Å². The van der Waals surface area contributed by atoms with Crippen LogP contribution in [0, 0.1) is 0 Å². The Kier molecular flexibility index (Phi) is 9.34. The van der Waals surface area contributed by atoms with E-state index >= 15 is 0 Å². The van der Waals surface area contributed by atoms with Gasteiger partial charge in [-0.1, -0.05) is 30.3 Å². The molecule has 0 radical (unpaired) electrons. The predicted molar refractivity (Wildman–Crippen MR) is 49.1 cm³/mol. The number of aliphatic hydroxyl groups excluding tert-OH is 1. The van der Waals surface area contributed by atoms with Crippen molar-refractivity contribution in [1.82, 2.24) is 0 Å². The number of rotatable bonds is 3. The van der Waals surface area contributed by atoms with Crippen LogP contribution in [0.25, 0.3) is 0 Å². The molecular formula is C9H16O3. The second-order valence-corrected chi connectivity index (χ2v) is 2.31. The summed E-state index contributed by atoms with van der Waals surface area (Å²) in [5, 5.41) is 8.53. The van der Waals surface area contributed by atoms with Crippen molar-refractivity contribution >= 4 is 0 Å². The lowest BCUT2D eigenvalue weighted by Crippen LogP contribution is -1.87. The Morgan fingerprint density at radius 3 is 2.08 bits per heavy atom. The minimum Gasteiger partial charge on any atom is -0.412 e. The lowest BCUT2D eigenvalue weighted by molar-refractivity contribution is 0.288. The van der Waals surface area contributed by atoms with Gasteiger partial charge in [0.2, 0.25) is 0 Å². The maximum atomic E-state index is 8.53. The lowest BCUT2D eigenvalue weighted by atomic mass is 10.1. The fourth-order valence-corrected chi connectivity index (χ4v) is 0.928. The molecule has 3 heteroatoms. The molecule has 0 saturated heterocycles. The maximum absolute atomic E-state index is 8.53. The van der Waals surface area contributed by atoms with Gasteiger partial charge in [0.15, 0.2) is 0 Å². The van der Waals surface area contributed by atoms with Crippen molar-refractivity contribution in [1.29, 1.82) is 0 Å². The number of hydrogen-bond donors (Lipinski definition) is 1. The number of benzene rings is 1. The van der Waals surface area contributed by atoms with Gasteiger partial charge in [-0.05, 0) is 18.4 Å². The van der Waals surface area contributed by atoms with Crippen LogP contribution >= 0.6 is 0 Å². The predicted octanol–water partition coefficient (Wildman–Crippen LogP) is -0.0379. The van der Waals surface area contributed by atoms with E-state index in [2.05, 4.69) is 12.1 Å². The summed E-state index contributed by atoms with van der Waals surface area (Å²) in [5.74, 6) is 0. The fourth-order valence-electron chi connectivity index (χ4n) is 0.928. The first kappa shape index (κ1) is 13.7. The van der Waals surface area contributed by atoms with Crippen LogP contribution in [-0.4, -0.2) is 22.7 Å². The first-order chi connectivity index (χ1) is 4.93. The van der Waals surface area contributed by atoms with Crippen LogP contribution in [0.3, 0.4) is 0 Å². The van der Waals surface area contributed by atoms with Crippen LogP contribution in [0.1, 0.15) is 12.0 Å². The molecule has 3 nitrogen and oxygen atoms in total. The van der Waals surface area contributed by atoms with Crippen LogP contribution in [0.2, 0.25) is 0 Å². The third kappa shape index (κ3) is 4.85. The van der Waals surface area contributed by atoms with Crippen molar-refractivity contribution in [2.24, 2.45) is 0 Å². The molecule has 0 amide bonds. The van der Waals surface area contributed by atoms with Crippen molar-refractivity contribution in [3.63, 3.8) is 0 Å². The summed E-state index contributed by atoms with van der Waals surface area (Å²) in [7, 11) is 0. The third-order valence-electron chi connectivity index (χ3n) is 1.47. The second kappa shape index (κ2) is 8.20. The Morgan fingerprint density at radius 2 is 1.58 bits per heavy atom. The van der Waals surface area contributed by atoms with E-state index in [4.69, 9.17) is 5.11 Å². The van der Waals surface area contributed by atoms with Gasteiger partial charge >= 0.3 is 0 Å². The minimum absolute atomic E-state index is 0. The lowest BCUT2D eigenvalue weighted by Gasteiger charge is -1.96. The van der Waals surface area contributed by atoms with E-state index in [1.807, 2.05) is 18.2 Å². The van der Waals surface area contributed by atoms with E-state index < -0.39 is 0 Å². The summed E-state index contributed by atoms with van der Waals surface area (Å²) in [5.41, 5.74) is 1.30. The Balaban J connectivity index is 0. The molecule has 0 saturated carbocycles. The monoisotopic (exact) mass is 172 g/mol. The summed E-state index contributed by atoms with van der Waals surface area (Å²) in [6, 6.07) is 10.2. The second-order valence-electron chi connectivity index (χ2n) is 2.31. The molecule has 0 heterocycles. The normalized spacial score (nSPS) is 8.08. The molecule has 0 aliphatic carbocycles. The molecule has 1 rings (SSSR count). The zero-order valence-corrected chi connectivity index (χ0v) is 6.96. The van der Waals surface area contributed by atoms with Crippen LogP contribution in [0.15, 0.2) is 30.3 Å². The quantitative estimate of drug-likeness (QED) is 0.681. The summed E-state index contributed by atoms with van der Waals surface area (Å²) in [6.07, 6.45) is 1.85. The molecule has 12 heavy (non-hydrogen) atoms. The fraction of sp³-hybridized carbons (Fsp3) is 0.333. The van der Waals surface area contributed by atoms with Crippen molar-refractivity contribution < 1.29 is 16.1 Å². The van der Waals surface area contributed by atoms with Crippen molar-refractivity contribution in [3.05, 3.63) is 35.9 Å². The van der Waals surface area contributed by atoms with E-state index in [9.17, 15) is 0 Å². The third-order valence-corrected chi connectivity index (χ3v) is 1.47. The summed E-state index contributed by atoms with van der Waals surface area (Å²) >= 11 is 0. The topological polar surface area (TPSA) is 83.2 Å². The van der Waals surface area contributed by atoms with Crippen LogP contribution in [0.4, 0.5) is 0 Å². The molecule has 0 unspecified atom stereocenters. The molecule has 1 aromatic carbocycles. The van der Waals surface area contributed by atoms with Gasteiger partial charge in [-0.15, -0.1) is 0 Å². The van der Waals surface area contributed by atoms with E-state index in [-0.39, 0.29) is 17.6 Å². The van der Waals surface area contributed by atoms with E-state index in [0.29, 0.717) is 0 Å².